The van der Waals surface area contributed by atoms with Crippen molar-refractivity contribution in [3.63, 3.8) is 0 Å². The Hall–Kier alpha value is -2.27. The number of H-pyrrole nitrogens is 1. The van der Waals surface area contributed by atoms with E-state index >= 15 is 0 Å². The van der Waals surface area contributed by atoms with Gasteiger partial charge in [0.05, 0.1) is 11.9 Å². The Bertz CT molecular complexity index is 752. The Kier molecular flexibility index (Phi) is 3.56. The first-order valence-corrected chi connectivity index (χ1v) is 7.81. The molecule has 112 valence electrons. The number of piperidine rings is 1. The highest BCUT2D eigenvalue weighted by Crippen LogP contribution is 2.27. The third kappa shape index (κ3) is 2.72. The highest BCUT2D eigenvalue weighted by molar-refractivity contribution is 5.73. The molecule has 1 aliphatic heterocycles. The zero-order valence-electron chi connectivity index (χ0n) is 12.4. The first kappa shape index (κ1) is 13.4. The number of aromatic amines is 1. The summed E-state index contributed by atoms with van der Waals surface area (Å²) in [5.74, 6) is 0.491. The molecule has 0 saturated carbocycles. The van der Waals surface area contributed by atoms with E-state index in [0.717, 1.165) is 36.4 Å². The molecule has 1 saturated heterocycles. The lowest BCUT2D eigenvalue weighted by atomic mass is 9.94. The van der Waals surface area contributed by atoms with Gasteiger partial charge in [-0.25, -0.2) is 4.98 Å². The third-order valence-electron chi connectivity index (χ3n) is 4.36. The van der Waals surface area contributed by atoms with Gasteiger partial charge >= 0.3 is 0 Å². The number of fused-ring (bicyclic) bond motifs is 1. The van der Waals surface area contributed by atoms with Crippen LogP contribution in [0.15, 0.2) is 42.7 Å². The minimum atomic E-state index is 0.491. The smallest absolute Gasteiger partial charge is 0.155 e. The number of hydrogen-bond acceptors (Lipinski definition) is 4. The molecule has 22 heavy (non-hydrogen) atoms. The Labute approximate surface area is 129 Å². The van der Waals surface area contributed by atoms with Crippen LogP contribution in [0.5, 0.6) is 0 Å². The number of aromatic nitrogens is 4. The maximum absolute atomic E-state index is 4.74. The Balaban J connectivity index is 1.50. The largest absolute Gasteiger partial charge is 0.297 e. The molecule has 1 atom stereocenters. The van der Waals surface area contributed by atoms with Gasteiger partial charge in [0.25, 0.3) is 0 Å². The summed E-state index contributed by atoms with van der Waals surface area (Å²) in [5.41, 5.74) is 3.20. The summed E-state index contributed by atoms with van der Waals surface area (Å²) in [7, 11) is 0. The topological polar surface area (TPSA) is 57.7 Å². The first-order chi connectivity index (χ1) is 10.9. The van der Waals surface area contributed by atoms with Crippen LogP contribution in [0.2, 0.25) is 0 Å². The minimum absolute atomic E-state index is 0.491. The van der Waals surface area contributed by atoms with Crippen LogP contribution >= 0.6 is 0 Å². The van der Waals surface area contributed by atoms with Gasteiger partial charge < -0.3 is 0 Å². The maximum atomic E-state index is 4.74. The van der Waals surface area contributed by atoms with E-state index in [2.05, 4.69) is 44.3 Å². The summed E-state index contributed by atoms with van der Waals surface area (Å²) in [6.07, 6.45) is 6.09. The summed E-state index contributed by atoms with van der Waals surface area (Å²) < 4.78 is 0. The standard InChI is InChI=1S/C17H19N5/c1-2-8-18-15(5-1)12-22-9-3-4-14(11-22)16-7-6-13-10-19-21-17(13)20-16/h1-2,5-8,10,14H,3-4,9,11-12H2,(H,19,20,21). The second-order valence-corrected chi connectivity index (χ2v) is 5.94. The molecule has 0 bridgehead atoms. The van der Waals surface area contributed by atoms with Gasteiger partial charge in [-0.1, -0.05) is 6.07 Å². The van der Waals surface area contributed by atoms with E-state index in [1.807, 2.05) is 18.5 Å². The van der Waals surface area contributed by atoms with E-state index in [4.69, 9.17) is 4.98 Å². The lowest BCUT2D eigenvalue weighted by Gasteiger charge is -2.32. The van der Waals surface area contributed by atoms with Crippen LogP contribution in [0.25, 0.3) is 11.0 Å². The molecular formula is C17H19N5. The van der Waals surface area contributed by atoms with Gasteiger partial charge in [0.2, 0.25) is 0 Å². The molecule has 0 aromatic carbocycles. The van der Waals surface area contributed by atoms with Gasteiger partial charge in [0.1, 0.15) is 0 Å². The fourth-order valence-electron chi connectivity index (χ4n) is 3.23. The molecule has 1 fully saturated rings. The average Bonchev–Trinajstić information content (AvgIpc) is 3.04. The maximum Gasteiger partial charge on any atom is 0.155 e. The molecule has 0 aliphatic carbocycles. The van der Waals surface area contributed by atoms with Crippen LogP contribution in [-0.4, -0.2) is 38.2 Å². The molecule has 0 radical (unpaired) electrons. The van der Waals surface area contributed by atoms with Crippen molar-refractivity contribution in [3.05, 3.63) is 54.1 Å². The second kappa shape index (κ2) is 5.85. The zero-order valence-corrected chi connectivity index (χ0v) is 12.4. The molecule has 0 spiro atoms. The van der Waals surface area contributed by atoms with E-state index in [1.165, 1.54) is 18.5 Å². The van der Waals surface area contributed by atoms with Crippen molar-refractivity contribution in [2.45, 2.75) is 25.3 Å². The van der Waals surface area contributed by atoms with Crippen LogP contribution in [-0.2, 0) is 6.54 Å². The fourth-order valence-corrected chi connectivity index (χ4v) is 3.23. The predicted molar refractivity (Wildman–Crippen MR) is 85.4 cm³/mol. The molecule has 1 N–H and O–H groups in total. The lowest BCUT2D eigenvalue weighted by molar-refractivity contribution is 0.196. The number of likely N-dealkylation sites (tertiary alicyclic amines) is 1. The molecule has 0 amide bonds. The highest BCUT2D eigenvalue weighted by atomic mass is 15.1. The van der Waals surface area contributed by atoms with Crippen molar-refractivity contribution >= 4 is 11.0 Å². The van der Waals surface area contributed by atoms with E-state index < -0.39 is 0 Å². The number of nitrogens with zero attached hydrogens (tertiary/aromatic N) is 4. The first-order valence-electron chi connectivity index (χ1n) is 7.81. The predicted octanol–water partition coefficient (Wildman–Crippen LogP) is 2.73. The number of rotatable bonds is 3. The van der Waals surface area contributed by atoms with Gasteiger partial charge in [0.15, 0.2) is 5.65 Å². The minimum Gasteiger partial charge on any atom is -0.297 e. The quantitative estimate of drug-likeness (QED) is 0.806. The number of pyridine rings is 2. The van der Waals surface area contributed by atoms with Crippen molar-refractivity contribution in [2.75, 3.05) is 13.1 Å². The molecule has 5 nitrogen and oxygen atoms in total. The summed E-state index contributed by atoms with van der Waals surface area (Å²) in [6.45, 7) is 3.10. The normalized spacial score (nSPS) is 19.5. The van der Waals surface area contributed by atoms with E-state index in [9.17, 15) is 0 Å². The molecule has 1 unspecified atom stereocenters. The summed E-state index contributed by atoms with van der Waals surface area (Å²) in [5, 5.41) is 8.09. The van der Waals surface area contributed by atoms with Gasteiger partial charge in [-0.15, -0.1) is 0 Å². The Morgan fingerprint density at radius 1 is 1.23 bits per heavy atom. The Morgan fingerprint density at radius 3 is 3.14 bits per heavy atom. The summed E-state index contributed by atoms with van der Waals surface area (Å²) in [4.78, 5) is 11.7. The van der Waals surface area contributed by atoms with Crippen molar-refractivity contribution in [2.24, 2.45) is 0 Å². The SMILES string of the molecule is c1ccc(CN2CCCC(c3ccc4cn[nH]c4n3)C2)nc1. The third-order valence-corrected chi connectivity index (χ3v) is 4.36. The monoisotopic (exact) mass is 293 g/mol. The van der Waals surface area contributed by atoms with E-state index in [0.29, 0.717) is 5.92 Å². The van der Waals surface area contributed by atoms with E-state index in [-0.39, 0.29) is 0 Å². The Morgan fingerprint density at radius 2 is 2.23 bits per heavy atom. The molecule has 5 heteroatoms. The highest BCUT2D eigenvalue weighted by Gasteiger charge is 2.22. The lowest BCUT2D eigenvalue weighted by Crippen LogP contribution is -2.34. The van der Waals surface area contributed by atoms with Crippen molar-refractivity contribution < 1.29 is 0 Å². The summed E-state index contributed by atoms with van der Waals surface area (Å²) in [6, 6.07) is 10.4. The molecule has 3 aromatic rings. The van der Waals surface area contributed by atoms with E-state index in [1.54, 1.807) is 0 Å². The zero-order chi connectivity index (χ0) is 14.8. The second-order valence-electron chi connectivity index (χ2n) is 5.94. The number of hydrogen-bond donors (Lipinski definition) is 1. The molecular weight excluding hydrogens is 274 g/mol. The molecule has 4 heterocycles. The number of nitrogens with one attached hydrogen (secondary N) is 1. The van der Waals surface area contributed by atoms with Crippen LogP contribution in [0.1, 0.15) is 30.1 Å². The van der Waals surface area contributed by atoms with Crippen molar-refractivity contribution in [1.29, 1.82) is 0 Å². The molecule has 1 aliphatic rings. The van der Waals surface area contributed by atoms with Crippen LogP contribution in [0.3, 0.4) is 0 Å². The average molecular weight is 293 g/mol. The van der Waals surface area contributed by atoms with Crippen molar-refractivity contribution in [3.8, 4) is 0 Å². The molecule has 4 rings (SSSR count). The van der Waals surface area contributed by atoms with Crippen LogP contribution in [0.4, 0.5) is 0 Å². The van der Waals surface area contributed by atoms with Gasteiger partial charge in [-0.05, 0) is 43.7 Å². The van der Waals surface area contributed by atoms with Gasteiger partial charge in [-0.3, -0.25) is 15.0 Å². The van der Waals surface area contributed by atoms with Gasteiger partial charge in [-0.2, -0.15) is 5.10 Å². The molecule has 3 aromatic heterocycles. The fraction of sp³-hybridized carbons (Fsp3) is 0.353. The van der Waals surface area contributed by atoms with Crippen LogP contribution in [0, 0.1) is 0 Å². The summed E-state index contributed by atoms with van der Waals surface area (Å²) >= 11 is 0. The van der Waals surface area contributed by atoms with Gasteiger partial charge in [0, 0.05) is 36.3 Å². The van der Waals surface area contributed by atoms with Crippen LogP contribution < -0.4 is 0 Å². The van der Waals surface area contributed by atoms with Crippen molar-refractivity contribution in [1.82, 2.24) is 25.1 Å².